The minimum atomic E-state index is -3.71. The molecule has 0 saturated carbocycles. The number of carbonyl (C=O) groups is 1. The second kappa shape index (κ2) is 7.53. The highest BCUT2D eigenvalue weighted by atomic mass is 32.2. The van der Waals surface area contributed by atoms with E-state index in [1.165, 1.54) is 7.11 Å². The van der Waals surface area contributed by atoms with E-state index >= 15 is 0 Å². The van der Waals surface area contributed by atoms with Crippen molar-refractivity contribution in [1.29, 1.82) is 0 Å². The van der Waals surface area contributed by atoms with E-state index in [1.54, 1.807) is 26.0 Å². The van der Waals surface area contributed by atoms with Crippen LogP contribution in [0.25, 0.3) is 0 Å². The van der Waals surface area contributed by atoms with Crippen LogP contribution >= 0.6 is 0 Å². The van der Waals surface area contributed by atoms with Crippen LogP contribution < -0.4 is 10.0 Å². The predicted octanol–water partition coefficient (Wildman–Crippen LogP) is 0.653. The maximum absolute atomic E-state index is 12.3. The summed E-state index contributed by atoms with van der Waals surface area (Å²) in [5.41, 5.74) is 2.33. The standard InChI is InChI=1S/C14H22N2O4S/c1-10-7-11(2)14(12(3)8-10)21(18,19)16-9-13(17)15-5-6-20-4/h7-8,16H,5-6,9H2,1-4H3,(H,15,17). The van der Waals surface area contributed by atoms with Gasteiger partial charge in [0.25, 0.3) is 0 Å². The smallest absolute Gasteiger partial charge is 0.241 e. The normalized spacial score (nSPS) is 11.4. The van der Waals surface area contributed by atoms with Crippen LogP contribution in [0.1, 0.15) is 16.7 Å². The topological polar surface area (TPSA) is 84.5 Å². The molecule has 0 aliphatic heterocycles. The lowest BCUT2D eigenvalue weighted by atomic mass is 10.1. The molecule has 21 heavy (non-hydrogen) atoms. The zero-order valence-corrected chi connectivity index (χ0v) is 13.6. The van der Waals surface area contributed by atoms with Crippen LogP contribution in [0, 0.1) is 20.8 Å². The Labute approximate surface area is 125 Å². The molecule has 7 heteroatoms. The lowest BCUT2D eigenvalue weighted by molar-refractivity contribution is -0.120. The van der Waals surface area contributed by atoms with Gasteiger partial charge in [0.05, 0.1) is 18.0 Å². The van der Waals surface area contributed by atoms with E-state index in [4.69, 9.17) is 4.74 Å². The van der Waals surface area contributed by atoms with Gasteiger partial charge in [-0.2, -0.15) is 0 Å². The summed E-state index contributed by atoms with van der Waals surface area (Å²) in [4.78, 5) is 11.8. The Bertz CT molecular complexity index is 588. The molecule has 0 aliphatic carbocycles. The van der Waals surface area contributed by atoms with Crippen molar-refractivity contribution in [2.75, 3.05) is 26.8 Å². The summed E-state index contributed by atoms with van der Waals surface area (Å²) in [6.07, 6.45) is 0. The Morgan fingerprint density at radius 1 is 1.19 bits per heavy atom. The van der Waals surface area contributed by atoms with E-state index in [0.717, 1.165) is 5.56 Å². The highest BCUT2D eigenvalue weighted by Gasteiger charge is 2.20. The molecule has 0 atom stereocenters. The highest BCUT2D eigenvalue weighted by molar-refractivity contribution is 7.89. The lowest BCUT2D eigenvalue weighted by Gasteiger charge is -2.13. The molecular weight excluding hydrogens is 292 g/mol. The van der Waals surface area contributed by atoms with Crippen molar-refractivity contribution in [2.45, 2.75) is 25.7 Å². The number of nitrogens with one attached hydrogen (secondary N) is 2. The van der Waals surface area contributed by atoms with E-state index in [0.29, 0.717) is 24.3 Å². The fraction of sp³-hybridized carbons (Fsp3) is 0.500. The number of benzene rings is 1. The quantitative estimate of drug-likeness (QED) is 0.724. The number of hydrogen-bond acceptors (Lipinski definition) is 4. The van der Waals surface area contributed by atoms with Crippen LogP contribution in [0.2, 0.25) is 0 Å². The van der Waals surface area contributed by atoms with Gasteiger partial charge in [-0.05, 0) is 31.9 Å². The molecule has 1 rings (SSSR count). The van der Waals surface area contributed by atoms with Gasteiger partial charge in [-0.15, -0.1) is 0 Å². The molecular formula is C14H22N2O4S. The molecule has 0 aromatic heterocycles. The van der Waals surface area contributed by atoms with Crippen molar-refractivity contribution in [3.63, 3.8) is 0 Å². The Morgan fingerprint density at radius 3 is 2.29 bits per heavy atom. The van der Waals surface area contributed by atoms with Crippen molar-refractivity contribution in [3.05, 3.63) is 28.8 Å². The van der Waals surface area contributed by atoms with E-state index in [1.807, 2.05) is 6.92 Å². The third-order valence-electron chi connectivity index (χ3n) is 2.92. The van der Waals surface area contributed by atoms with Gasteiger partial charge in [-0.25, -0.2) is 13.1 Å². The zero-order chi connectivity index (χ0) is 16.0. The minimum Gasteiger partial charge on any atom is -0.383 e. The molecule has 0 saturated heterocycles. The minimum absolute atomic E-state index is 0.234. The summed E-state index contributed by atoms with van der Waals surface area (Å²) in [6.45, 7) is 5.83. The van der Waals surface area contributed by atoms with Gasteiger partial charge in [-0.1, -0.05) is 17.7 Å². The van der Waals surface area contributed by atoms with E-state index in [9.17, 15) is 13.2 Å². The molecule has 6 nitrogen and oxygen atoms in total. The van der Waals surface area contributed by atoms with E-state index in [-0.39, 0.29) is 11.4 Å². The Balaban J connectivity index is 2.77. The van der Waals surface area contributed by atoms with Crippen LogP contribution in [0.4, 0.5) is 0 Å². The first-order chi connectivity index (χ1) is 9.77. The lowest BCUT2D eigenvalue weighted by Crippen LogP contribution is -2.38. The van der Waals surface area contributed by atoms with Gasteiger partial charge in [0.1, 0.15) is 0 Å². The van der Waals surface area contributed by atoms with Crippen LogP contribution in [0.3, 0.4) is 0 Å². The van der Waals surface area contributed by atoms with Gasteiger partial charge >= 0.3 is 0 Å². The fourth-order valence-electron chi connectivity index (χ4n) is 2.18. The zero-order valence-electron chi connectivity index (χ0n) is 12.8. The van der Waals surface area contributed by atoms with Crippen molar-refractivity contribution >= 4 is 15.9 Å². The Kier molecular flexibility index (Phi) is 6.32. The molecule has 118 valence electrons. The molecule has 0 bridgehead atoms. The summed E-state index contributed by atoms with van der Waals surface area (Å²) in [6, 6.07) is 3.61. The maximum Gasteiger partial charge on any atom is 0.241 e. The highest BCUT2D eigenvalue weighted by Crippen LogP contribution is 2.21. The second-order valence-corrected chi connectivity index (χ2v) is 6.60. The largest absolute Gasteiger partial charge is 0.383 e. The molecule has 1 aromatic carbocycles. The average molecular weight is 314 g/mol. The van der Waals surface area contributed by atoms with Crippen molar-refractivity contribution in [1.82, 2.24) is 10.0 Å². The Morgan fingerprint density at radius 2 is 1.76 bits per heavy atom. The predicted molar refractivity (Wildman–Crippen MR) is 80.7 cm³/mol. The summed E-state index contributed by atoms with van der Waals surface area (Å²) in [7, 11) is -2.18. The van der Waals surface area contributed by atoms with E-state index in [2.05, 4.69) is 10.0 Å². The summed E-state index contributed by atoms with van der Waals surface area (Å²) in [5.74, 6) is -0.391. The van der Waals surface area contributed by atoms with Crippen LogP contribution in [-0.2, 0) is 19.6 Å². The second-order valence-electron chi connectivity index (χ2n) is 4.90. The maximum atomic E-state index is 12.3. The van der Waals surface area contributed by atoms with E-state index < -0.39 is 15.9 Å². The van der Waals surface area contributed by atoms with Crippen LogP contribution in [-0.4, -0.2) is 41.1 Å². The third kappa shape index (κ3) is 5.11. The first-order valence-corrected chi connectivity index (χ1v) is 8.09. The number of hydrogen-bond donors (Lipinski definition) is 2. The molecule has 0 aliphatic rings. The molecule has 1 amide bonds. The molecule has 2 N–H and O–H groups in total. The summed E-state index contributed by atoms with van der Waals surface area (Å²) in [5, 5.41) is 2.56. The van der Waals surface area contributed by atoms with Crippen LogP contribution in [0.5, 0.6) is 0 Å². The SMILES string of the molecule is COCCNC(=O)CNS(=O)(=O)c1c(C)cc(C)cc1C. The Hall–Kier alpha value is -1.44. The van der Waals surface area contributed by atoms with Crippen molar-refractivity contribution in [3.8, 4) is 0 Å². The van der Waals surface area contributed by atoms with Gasteiger partial charge in [0.15, 0.2) is 0 Å². The third-order valence-corrected chi connectivity index (χ3v) is 4.63. The number of sulfonamides is 1. The van der Waals surface area contributed by atoms with Gasteiger partial charge in [0, 0.05) is 13.7 Å². The number of amides is 1. The van der Waals surface area contributed by atoms with Crippen LogP contribution in [0.15, 0.2) is 17.0 Å². The van der Waals surface area contributed by atoms with Crippen molar-refractivity contribution in [2.24, 2.45) is 0 Å². The number of ether oxygens (including phenoxy) is 1. The number of methoxy groups -OCH3 is 1. The number of carbonyl (C=O) groups excluding carboxylic acids is 1. The fourth-order valence-corrected chi connectivity index (χ4v) is 3.61. The molecule has 1 aromatic rings. The monoisotopic (exact) mass is 314 g/mol. The van der Waals surface area contributed by atoms with Gasteiger partial charge in [-0.3, -0.25) is 4.79 Å². The molecule has 0 heterocycles. The first-order valence-electron chi connectivity index (χ1n) is 6.61. The summed E-state index contributed by atoms with van der Waals surface area (Å²) < 4.78 is 31.7. The molecule has 0 fully saturated rings. The first kappa shape index (κ1) is 17.6. The van der Waals surface area contributed by atoms with Gasteiger partial charge < -0.3 is 10.1 Å². The summed E-state index contributed by atoms with van der Waals surface area (Å²) >= 11 is 0. The average Bonchev–Trinajstić information content (AvgIpc) is 2.35. The molecule has 0 unspecified atom stereocenters. The van der Waals surface area contributed by atoms with Crippen molar-refractivity contribution < 1.29 is 17.9 Å². The molecule has 0 radical (unpaired) electrons. The number of rotatable bonds is 7. The molecule has 0 spiro atoms. The van der Waals surface area contributed by atoms with Gasteiger partial charge in [0.2, 0.25) is 15.9 Å². The number of aryl methyl sites for hydroxylation is 3.